The summed E-state index contributed by atoms with van der Waals surface area (Å²) >= 11 is 6.06. The molecule has 2 N–H and O–H groups in total. The molecule has 0 radical (unpaired) electrons. The highest BCUT2D eigenvalue weighted by molar-refractivity contribution is 6.31. The van der Waals surface area contributed by atoms with E-state index in [9.17, 15) is 32.0 Å². The van der Waals surface area contributed by atoms with E-state index in [-0.39, 0.29) is 34.5 Å². The fraction of sp³-hybridized carbons (Fsp3) is 0.391. The predicted molar refractivity (Wildman–Crippen MR) is 122 cm³/mol. The second kappa shape index (κ2) is 10.3. The van der Waals surface area contributed by atoms with E-state index >= 15 is 0 Å². The molecule has 3 aromatic rings. The molecule has 1 aromatic carbocycles. The number of hydrogen-bond acceptors (Lipinski definition) is 5. The maximum atomic E-state index is 13.4. The van der Waals surface area contributed by atoms with Crippen LogP contribution in [-0.4, -0.2) is 39.2 Å². The number of anilines is 1. The summed E-state index contributed by atoms with van der Waals surface area (Å²) in [4.78, 5) is 16.5. The second-order valence-electron chi connectivity index (χ2n) is 8.51. The zero-order chi connectivity index (χ0) is 26.0. The van der Waals surface area contributed by atoms with Crippen molar-refractivity contribution < 1.29 is 26.7 Å². The van der Waals surface area contributed by atoms with Crippen LogP contribution < -0.4 is 10.6 Å². The Balaban J connectivity index is 1.51. The molecule has 190 valence electrons. The molecule has 2 atom stereocenters. The van der Waals surface area contributed by atoms with Crippen LogP contribution in [-0.2, 0) is 12.7 Å². The van der Waals surface area contributed by atoms with Crippen LogP contribution in [0.5, 0.6) is 0 Å². The number of nitriles is 1. The van der Waals surface area contributed by atoms with Crippen molar-refractivity contribution in [3.8, 4) is 6.07 Å². The molecule has 1 aliphatic carbocycles. The fourth-order valence-corrected chi connectivity index (χ4v) is 4.47. The minimum Gasteiger partial charge on any atom is -0.382 e. The highest BCUT2D eigenvalue weighted by atomic mass is 35.5. The lowest BCUT2D eigenvalue weighted by Gasteiger charge is -2.31. The van der Waals surface area contributed by atoms with Crippen LogP contribution >= 0.6 is 11.6 Å². The Labute approximate surface area is 207 Å². The molecule has 1 saturated carbocycles. The number of alkyl halides is 5. The van der Waals surface area contributed by atoms with Gasteiger partial charge in [-0.15, -0.1) is 0 Å². The smallest absolute Gasteiger partial charge is 0.382 e. The lowest BCUT2D eigenvalue weighted by molar-refractivity contribution is -0.140. The first-order chi connectivity index (χ1) is 17.0. The average molecular weight is 527 g/mol. The number of aromatic nitrogens is 3. The summed E-state index contributed by atoms with van der Waals surface area (Å²) in [5, 5.41) is 19.7. The van der Waals surface area contributed by atoms with Gasteiger partial charge in [-0.1, -0.05) is 11.6 Å². The van der Waals surface area contributed by atoms with Crippen molar-refractivity contribution in [1.29, 1.82) is 5.26 Å². The summed E-state index contributed by atoms with van der Waals surface area (Å²) in [6.45, 7) is -0.749. The van der Waals surface area contributed by atoms with Gasteiger partial charge in [0.1, 0.15) is 18.3 Å². The third-order valence-corrected chi connectivity index (χ3v) is 6.10. The molecule has 36 heavy (non-hydrogen) atoms. The summed E-state index contributed by atoms with van der Waals surface area (Å²) in [6, 6.07) is 6.47. The van der Waals surface area contributed by atoms with Gasteiger partial charge in [-0.25, -0.2) is 13.8 Å². The maximum absolute atomic E-state index is 13.4. The van der Waals surface area contributed by atoms with E-state index in [1.807, 2.05) is 0 Å². The lowest BCUT2D eigenvalue weighted by atomic mass is 9.90. The van der Waals surface area contributed by atoms with E-state index in [2.05, 4.69) is 20.7 Å². The molecule has 0 saturated heterocycles. The van der Waals surface area contributed by atoms with Gasteiger partial charge in [0.15, 0.2) is 5.69 Å². The molecule has 1 aliphatic rings. The molecule has 0 unspecified atom stereocenters. The predicted octanol–water partition coefficient (Wildman–Crippen LogP) is 5.39. The summed E-state index contributed by atoms with van der Waals surface area (Å²) in [6.07, 6.45) is -3.92. The van der Waals surface area contributed by atoms with Crippen molar-refractivity contribution in [3.05, 3.63) is 52.4 Å². The molecule has 13 heteroatoms. The van der Waals surface area contributed by atoms with Crippen molar-refractivity contribution in [1.82, 2.24) is 20.1 Å². The minimum absolute atomic E-state index is 0.113. The number of benzene rings is 1. The largest absolute Gasteiger partial charge is 0.433 e. The normalized spacial score (nSPS) is 18.3. The molecule has 2 heterocycles. The number of nitrogens with zero attached hydrogens (tertiary/aromatic N) is 4. The van der Waals surface area contributed by atoms with E-state index in [0.717, 1.165) is 16.9 Å². The summed E-state index contributed by atoms with van der Waals surface area (Å²) in [7, 11) is 0. The molecular weight excluding hydrogens is 507 g/mol. The average Bonchev–Trinajstić information content (AvgIpc) is 3.21. The number of halogens is 6. The van der Waals surface area contributed by atoms with Crippen LogP contribution in [0.1, 0.15) is 47.4 Å². The third-order valence-electron chi connectivity index (χ3n) is 5.87. The molecule has 0 bridgehead atoms. The van der Waals surface area contributed by atoms with Crippen LogP contribution in [0.4, 0.5) is 27.6 Å². The maximum Gasteiger partial charge on any atom is 0.433 e. The number of carbonyl (C=O) groups excluding carboxylic acids is 1. The third kappa shape index (κ3) is 5.84. The first-order valence-electron chi connectivity index (χ1n) is 11.0. The van der Waals surface area contributed by atoms with Crippen molar-refractivity contribution >= 4 is 34.1 Å². The Hall–Kier alpha value is -3.46. The molecule has 4 rings (SSSR count). The number of carbonyl (C=O) groups is 1. The van der Waals surface area contributed by atoms with Crippen LogP contribution in [0.3, 0.4) is 0 Å². The summed E-state index contributed by atoms with van der Waals surface area (Å²) < 4.78 is 66.4. The molecule has 0 spiro atoms. The number of nitrogens with one attached hydrogen (secondary N) is 2. The topological polar surface area (TPSA) is 95.6 Å². The van der Waals surface area contributed by atoms with Gasteiger partial charge in [0.05, 0.1) is 11.1 Å². The highest BCUT2D eigenvalue weighted by Gasteiger charge is 2.34. The van der Waals surface area contributed by atoms with Gasteiger partial charge in [-0.2, -0.15) is 23.5 Å². The van der Waals surface area contributed by atoms with Gasteiger partial charge < -0.3 is 10.6 Å². The second-order valence-corrected chi connectivity index (χ2v) is 8.95. The SMILES string of the molecule is N#Cc1nn(CC(F)F)cc1C(=O)N[C@@H]1CCC[C@H](Nc2cc(C(F)(F)F)nc3ccc(Cl)cc23)C1. The van der Waals surface area contributed by atoms with E-state index < -0.39 is 30.7 Å². The molecule has 7 nitrogen and oxygen atoms in total. The van der Waals surface area contributed by atoms with Gasteiger partial charge in [0.25, 0.3) is 12.3 Å². The zero-order valence-corrected chi connectivity index (χ0v) is 19.4. The van der Waals surface area contributed by atoms with Gasteiger partial charge >= 0.3 is 6.18 Å². The Bertz CT molecular complexity index is 1320. The van der Waals surface area contributed by atoms with Crippen LogP contribution in [0.25, 0.3) is 10.9 Å². The van der Waals surface area contributed by atoms with Crippen molar-refractivity contribution in [2.75, 3.05) is 5.32 Å². The Morgan fingerprint density at radius 3 is 2.69 bits per heavy atom. The number of hydrogen-bond donors (Lipinski definition) is 2. The van der Waals surface area contributed by atoms with Gasteiger partial charge in [0.2, 0.25) is 0 Å². The number of amides is 1. The van der Waals surface area contributed by atoms with E-state index in [1.165, 1.54) is 18.2 Å². The highest BCUT2D eigenvalue weighted by Crippen LogP contribution is 2.35. The Morgan fingerprint density at radius 2 is 2.00 bits per heavy atom. The van der Waals surface area contributed by atoms with Crippen LogP contribution in [0.2, 0.25) is 5.02 Å². The molecule has 1 fully saturated rings. The summed E-state index contributed by atoms with van der Waals surface area (Å²) in [5.41, 5.74) is -1.05. The molecule has 0 aliphatic heterocycles. The molecule has 1 amide bonds. The van der Waals surface area contributed by atoms with Gasteiger partial charge in [0, 0.05) is 34.4 Å². The molecular formula is C23H20ClF5N6O. The number of pyridine rings is 1. The Kier molecular flexibility index (Phi) is 7.31. The number of fused-ring (bicyclic) bond motifs is 1. The molecule has 2 aromatic heterocycles. The zero-order valence-electron chi connectivity index (χ0n) is 18.6. The van der Waals surface area contributed by atoms with Crippen molar-refractivity contribution in [2.45, 2.75) is 56.9 Å². The quantitative estimate of drug-likeness (QED) is 0.420. The van der Waals surface area contributed by atoms with E-state index in [1.54, 1.807) is 6.07 Å². The standard InChI is InChI=1S/C23H20ClF5N6O/c24-12-4-5-17-15(6-12)18(8-20(33-17)23(27,28)29)31-13-2-1-3-14(7-13)32-22(36)16-10-35(11-21(25)26)34-19(16)9-30/h4-6,8,10,13-14,21H,1-3,7,11H2,(H,31,33)(H,32,36)/t13-,14+/m0/s1. The van der Waals surface area contributed by atoms with Crippen molar-refractivity contribution in [3.63, 3.8) is 0 Å². The Morgan fingerprint density at radius 1 is 1.25 bits per heavy atom. The summed E-state index contributed by atoms with van der Waals surface area (Å²) in [5.74, 6) is -0.627. The van der Waals surface area contributed by atoms with Gasteiger partial charge in [-0.3, -0.25) is 9.48 Å². The van der Waals surface area contributed by atoms with Crippen LogP contribution in [0.15, 0.2) is 30.5 Å². The van der Waals surface area contributed by atoms with Gasteiger partial charge in [-0.05, 0) is 49.9 Å². The lowest BCUT2D eigenvalue weighted by Crippen LogP contribution is -2.42. The minimum atomic E-state index is -4.64. The fourth-order valence-electron chi connectivity index (χ4n) is 4.30. The first kappa shape index (κ1) is 25.6. The van der Waals surface area contributed by atoms with Crippen molar-refractivity contribution in [2.24, 2.45) is 0 Å². The monoisotopic (exact) mass is 526 g/mol. The first-order valence-corrected chi connectivity index (χ1v) is 11.4. The number of rotatable bonds is 6. The van der Waals surface area contributed by atoms with Crippen LogP contribution in [0, 0.1) is 11.3 Å². The van der Waals surface area contributed by atoms with E-state index in [4.69, 9.17) is 11.6 Å². The van der Waals surface area contributed by atoms with E-state index in [0.29, 0.717) is 36.1 Å².